The lowest BCUT2D eigenvalue weighted by molar-refractivity contribution is -0.144. The third-order valence-corrected chi connectivity index (χ3v) is 4.27. The first-order valence-electron chi connectivity index (χ1n) is 7.74. The molecule has 2 rings (SSSR count). The number of carboxylic acid groups (broad SMARTS) is 1. The van der Waals surface area contributed by atoms with E-state index in [9.17, 15) is 19.8 Å². The topological polar surface area (TPSA) is 130 Å². The summed E-state index contributed by atoms with van der Waals surface area (Å²) in [6.07, 6.45) is 0.999. The Morgan fingerprint density at radius 1 is 1.30 bits per heavy atom. The number of hydrogen-bond donors (Lipinski definition) is 4. The second-order valence-corrected chi connectivity index (χ2v) is 5.80. The fourth-order valence-corrected chi connectivity index (χ4v) is 3.24. The zero-order valence-electron chi connectivity index (χ0n) is 12.9. The first-order valence-corrected chi connectivity index (χ1v) is 7.74. The largest absolute Gasteiger partial charge is 0.480 e. The molecule has 23 heavy (non-hydrogen) atoms. The highest BCUT2D eigenvalue weighted by atomic mass is 16.4. The van der Waals surface area contributed by atoms with Crippen molar-refractivity contribution in [2.75, 3.05) is 6.54 Å². The molecule has 0 heterocycles. The Bertz CT molecular complexity index is 578. The molecule has 0 saturated carbocycles. The molecule has 3 atom stereocenters. The van der Waals surface area contributed by atoms with Crippen molar-refractivity contribution in [1.29, 1.82) is 0 Å². The maximum Gasteiger partial charge on any atom is 0.326 e. The van der Waals surface area contributed by atoms with Gasteiger partial charge in [0, 0.05) is 6.42 Å². The van der Waals surface area contributed by atoms with Crippen LogP contribution in [-0.4, -0.2) is 45.8 Å². The van der Waals surface area contributed by atoms with Crippen LogP contribution in [0.4, 0.5) is 4.79 Å². The highest BCUT2D eigenvalue weighted by molar-refractivity contribution is 5.82. The van der Waals surface area contributed by atoms with Gasteiger partial charge in [-0.3, -0.25) is 0 Å². The van der Waals surface area contributed by atoms with Crippen LogP contribution in [0.15, 0.2) is 24.3 Å². The van der Waals surface area contributed by atoms with E-state index in [2.05, 4.69) is 0 Å². The summed E-state index contributed by atoms with van der Waals surface area (Å²) < 4.78 is 0. The highest BCUT2D eigenvalue weighted by Crippen LogP contribution is 2.37. The normalized spacial score (nSPS) is 20.8. The molecule has 0 saturated heterocycles. The molecule has 0 spiro atoms. The zero-order chi connectivity index (χ0) is 17.0. The van der Waals surface area contributed by atoms with Crippen LogP contribution in [0.1, 0.15) is 36.4 Å². The number of nitrogens with two attached hydrogens (primary N) is 2. The van der Waals surface area contributed by atoms with E-state index in [0.29, 0.717) is 25.8 Å². The smallest absolute Gasteiger partial charge is 0.326 e. The summed E-state index contributed by atoms with van der Waals surface area (Å²) >= 11 is 0. The number of aliphatic hydroxyl groups excluding tert-OH is 1. The van der Waals surface area contributed by atoms with Crippen LogP contribution >= 0.6 is 0 Å². The number of primary amides is 1. The summed E-state index contributed by atoms with van der Waals surface area (Å²) in [5.41, 5.74) is 12.6. The molecule has 2 amide bonds. The molecule has 126 valence electrons. The summed E-state index contributed by atoms with van der Waals surface area (Å²) in [7, 11) is 0. The van der Waals surface area contributed by atoms with Gasteiger partial charge in [0.1, 0.15) is 6.04 Å². The number of fused-ring (bicyclic) bond motifs is 1. The van der Waals surface area contributed by atoms with Crippen LogP contribution in [0.2, 0.25) is 0 Å². The van der Waals surface area contributed by atoms with Crippen molar-refractivity contribution in [2.24, 2.45) is 11.5 Å². The fraction of sp³-hybridized carbons (Fsp3) is 0.500. The number of benzene rings is 1. The van der Waals surface area contributed by atoms with Crippen LogP contribution in [0.3, 0.4) is 0 Å². The number of aliphatic hydroxyl groups is 1. The van der Waals surface area contributed by atoms with Gasteiger partial charge in [-0.25, -0.2) is 9.59 Å². The molecular weight excluding hydrogens is 298 g/mol. The van der Waals surface area contributed by atoms with Crippen molar-refractivity contribution >= 4 is 12.0 Å². The number of carbonyl (C=O) groups excluding carboxylic acids is 1. The predicted molar refractivity (Wildman–Crippen MR) is 84.6 cm³/mol. The monoisotopic (exact) mass is 321 g/mol. The minimum absolute atomic E-state index is 0.251. The van der Waals surface area contributed by atoms with E-state index in [1.165, 1.54) is 0 Å². The van der Waals surface area contributed by atoms with Gasteiger partial charge in [0.25, 0.3) is 0 Å². The number of urea groups is 1. The number of carboxylic acids is 1. The van der Waals surface area contributed by atoms with Crippen molar-refractivity contribution in [3.8, 4) is 0 Å². The Labute approximate surface area is 134 Å². The molecule has 7 nitrogen and oxygen atoms in total. The number of amides is 2. The van der Waals surface area contributed by atoms with Gasteiger partial charge in [0.15, 0.2) is 0 Å². The second kappa shape index (κ2) is 7.43. The van der Waals surface area contributed by atoms with Gasteiger partial charge >= 0.3 is 12.0 Å². The summed E-state index contributed by atoms with van der Waals surface area (Å²) in [6.45, 7) is 0.456. The molecule has 0 bridgehead atoms. The van der Waals surface area contributed by atoms with Gasteiger partial charge in [-0.15, -0.1) is 0 Å². The molecule has 1 aromatic carbocycles. The second-order valence-electron chi connectivity index (χ2n) is 5.80. The zero-order valence-corrected chi connectivity index (χ0v) is 12.9. The Morgan fingerprint density at radius 2 is 2.00 bits per heavy atom. The third-order valence-electron chi connectivity index (χ3n) is 4.27. The average Bonchev–Trinajstić information content (AvgIpc) is 2.82. The van der Waals surface area contributed by atoms with Crippen LogP contribution in [-0.2, 0) is 11.2 Å². The minimum Gasteiger partial charge on any atom is -0.480 e. The van der Waals surface area contributed by atoms with E-state index in [4.69, 9.17) is 11.5 Å². The number of rotatable bonds is 7. The lowest BCUT2D eigenvalue weighted by Crippen LogP contribution is -2.51. The van der Waals surface area contributed by atoms with E-state index in [1.807, 2.05) is 12.1 Å². The average molecular weight is 321 g/mol. The van der Waals surface area contributed by atoms with Gasteiger partial charge in [-0.2, -0.15) is 0 Å². The van der Waals surface area contributed by atoms with Crippen molar-refractivity contribution in [3.05, 3.63) is 35.4 Å². The molecule has 0 aliphatic heterocycles. The SMILES string of the molecule is NCCCCC(C(=O)O)N(C(N)=O)[C@H]1c2ccccc2C[C@H]1O. The third kappa shape index (κ3) is 3.62. The summed E-state index contributed by atoms with van der Waals surface area (Å²) in [4.78, 5) is 24.7. The predicted octanol–water partition coefficient (Wildman–Crippen LogP) is 0.608. The van der Waals surface area contributed by atoms with Crippen LogP contribution in [0.5, 0.6) is 0 Å². The first-order chi connectivity index (χ1) is 11.0. The van der Waals surface area contributed by atoms with E-state index < -0.39 is 30.2 Å². The summed E-state index contributed by atoms with van der Waals surface area (Å²) in [5, 5.41) is 19.9. The van der Waals surface area contributed by atoms with Gasteiger partial charge in [0.05, 0.1) is 12.1 Å². The Kier molecular flexibility index (Phi) is 5.57. The molecule has 0 radical (unpaired) electrons. The minimum atomic E-state index is -1.13. The van der Waals surface area contributed by atoms with E-state index in [0.717, 1.165) is 16.0 Å². The van der Waals surface area contributed by atoms with E-state index in [1.54, 1.807) is 12.1 Å². The first kappa shape index (κ1) is 17.2. The maximum atomic E-state index is 12.0. The highest BCUT2D eigenvalue weighted by Gasteiger charge is 2.42. The number of unbranched alkanes of at least 4 members (excludes halogenated alkanes) is 1. The molecular formula is C16H23N3O4. The van der Waals surface area contributed by atoms with Crippen LogP contribution in [0, 0.1) is 0 Å². The molecule has 1 unspecified atom stereocenters. The molecule has 1 aliphatic carbocycles. The molecule has 1 aliphatic rings. The Hall–Kier alpha value is -2.12. The number of nitrogens with zero attached hydrogens (tertiary/aromatic N) is 1. The molecule has 1 aromatic rings. The van der Waals surface area contributed by atoms with Gasteiger partial charge < -0.3 is 26.6 Å². The van der Waals surface area contributed by atoms with Crippen LogP contribution < -0.4 is 11.5 Å². The van der Waals surface area contributed by atoms with Crippen molar-refractivity contribution in [2.45, 2.75) is 43.9 Å². The van der Waals surface area contributed by atoms with Crippen molar-refractivity contribution < 1.29 is 19.8 Å². The van der Waals surface area contributed by atoms with E-state index >= 15 is 0 Å². The maximum absolute atomic E-state index is 12.0. The van der Waals surface area contributed by atoms with Crippen molar-refractivity contribution in [3.63, 3.8) is 0 Å². The summed E-state index contributed by atoms with van der Waals surface area (Å²) in [5.74, 6) is -1.13. The quantitative estimate of drug-likeness (QED) is 0.547. The lowest BCUT2D eigenvalue weighted by atomic mass is 10.0. The van der Waals surface area contributed by atoms with Crippen molar-refractivity contribution in [1.82, 2.24) is 4.90 Å². The van der Waals surface area contributed by atoms with Gasteiger partial charge in [-0.1, -0.05) is 24.3 Å². The summed E-state index contributed by atoms with van der Waals surface area (Å²) in [6, 6.07) is 4.65. The van der Waals surface area contributed by atoms with Gasteiger partial charge in [0.2, 0.25) is 0 Å². The molecule has 0 aromatic heterocycles. The lowest BCUT2D eigenvalue weighted by Gasteiger charge is -2.35. The number of aliphatic carboxylic acids is 1. The van der Waals surface area contributed by atoms with Crippen LogP contribution in [0.25, 0.3) is 0 Å². The van der Waals surface area contributed by atoms with E-state index in [-0.39, 0.29) is 6.42 Å². The standard InChI is InChI=1S/C16H23N3O4/c17-8-4-3-7-12(15(21)22)19(16(18)23)14-11-6-2-1-5-10(11)9-13(14)20/h1-2,5-6,12-14,20H,3-4,7-9,17H2,(H2,18,23)(H,21,22)/t12?,13-,14+/m1/s1. The number of carbonyl (C=O) groups is 2. The molecule has 6 N–H and O–H groups in total. The molecule has 0 fully saturated rings. The fourth-order valence-electron chi connectivity index (χ4n) is 3.24. The molecule has 7 heteroatoms. The Morgan fingerprint density at radius 3 is 2.61 bits per heavy atom. The Balaban J connectivity index is 2.33. The van der Waals surface area contributed by atoms with Gasteiger partial charge in [-0.05, 0) is 36.9 Å². The number of hydrogen-bond acceptors (Lipinski definition) is 4.